The summed E-state index contributed by atoms with van der Waals surface area (Å²) >= 11 is 0. The molecule has 3 aliphatic carbocycles. The van der Waals surface area contributed by atoms with E-state index in [4.69, 9.17) is 0 Å². The molecule has 2 bridgehead atoms. The van der Waals surface area contributed by atoms with Gasteiger partial charge in [0.05, 0.1) is 0 Å². The highest BCUT2D eigenvalue weighted by molar-refractivity contribution is 6.06. The van der Waals surface area contributed by atoms with Crippen LogP contribution in [0.2, 0.25) is 0 Å². The maximum Gasteiger partial charge on any atom is 0.169 e. The number of hydrogen-bond acceptors (Lipinski definition) is 2. The third-order valence-corrected chi connectivity index (χ3v) is 8.07. The molecule has 0 amide bonds. The number of benzene rings is 1. The molecule has 2 fully saturated rings. The van der Waals surface area contributed by atoms with Gasteiger partial charge in [-0.15, -0.1) is 0 Å². The lowest BCUT2D eigenvalue weighted by atomic mass is 9.60. The number of likely N-dealkylation sites (tertiary alicyclic amines) is 1. The van der Waals surface area contributed by atoms with Crippen LogP contribution in [0.15, 0.2) is 36.4 Å². The van der Waals surface area contributed by atoms with Gasteiger partial charge in [0.2, 0.25) is 0 Å². The molecule has 3 atom stereocenters. The molecule has 1 aliphatic heterocycles. The molecule has 4 aliphatic rings. The fourth-order valence-electron chi connectivity index (χ4n) is 6.44. The van der Waals surface area contributed by atoms with Crippen LogP contribution in [-0.2, 0) is 5.41 Å². The van der Waals surface area contributed by atoms with Crippen molar-refractivity contribution in [1.29, 1.82) is 0 Å². The Bertz CT molecular complexity index is 738. The molecule has 25 heavy (non-hydrogen) atoms. The summed E-state index contributed by atoms with van der Waals surface area (Å²) < 4.78 is 0. The number of nitrogens with zero attached hydrogens (tertiary/aromatic N) is 1. The van der Waals surface area contributed by atoms with E-state index in [9.17, 15) is 4.79 Å². The highest BCUT2D eigenvalue weighted by Crippen LogP contribution is 2.57. The van der Waals surface area contributed by atoms with Crippen LogP contribution in [-0.4, -0.2) is 30.3 Å². The van der Waals surface area contributed by atoms with Crippen LogP contribution in [0.5, 0.6) is 0 Å². The largest absolute Gasteiger partial charge is 0.303 e. The number of allylic oxidation sites excluding steroid dienone is 2. The van der Waals surface area contributed by atoms with E-state index in [-0.39, 0.29) is 10.8 Å². The Morgan fingerprint density at radius 3 is 2.52 bits per heavy atom. The topological polar surface area (TPSA) is 20.3 Å². The standard InChI is InChI=1S/C23H29NO/c1-22(2)21(25)19-5-3-4-6-20(19)23(22)9-11-24(12-10-23)15-18-14-16-7-8-17(18)13-16/h3-8,16-18H,9-15H2,1-2H3/t16-,17-,18-/m1/s1. The van der Waals surface area contributed by atoms with Crippen LogP contribution < -0.4 is 0 Å². The summed E-state index contributed by atoms with van der Waals surface area (Å²) in [5.74, 6) is 2.93. The summed E-state index contributed by atoms with van der Waals surface area (Å²) in [5.41, 5.74) is 2.09. The van der Waals surface area contributed by atoms with Gasteiger partial charge in [-0.25, -0.2) is 0 Å². The Kier molecular flexibility index (Phi) is 3.35. The van der Waals surface area contributed by atoms with Crippen molar-refractivity contribution in [2.75, 3.05) is 19.6 Å². The fraction of sp³-hybridized carbons (Fsp3) is 0.609. The molecule has 1 heterocycles. The monoisotopic (exact) mass is 335 g/mol. The molecule has 2 heteroatoms. The van der Waals surface area contributed by atoms with E-state index in [1.54, 1.807) is 0 Å². The minimum Gasteiger partial charge on any atom is -0.303 e. The van der Waals surface area contributed by atoms with Crippen molar-refractivity contribution < 1.29 is 4.79 Å². The van der Waals surface area contributed by atoms with Gasteiger partial charge in [0.15, 0.2) is 5.78 Å². The lowest BCUT2D eigenvalue weighted by Crippen LogP contribution is -2.50. The first-order chi connectivity index (χ1) is 12.0. The maximum absolute atomic E-state index is 13.0. The van der Waals surface area contributed by atoms with Gasteiger partial charge >= 0.3 is 0 Å². The first kappa shape index (κ1) is 15.8. The SMILES string of the molecule is CC1(C)C(=O)c2ccccc2C12CCN(C[C@H]1C[C@@H]3C=C[C@@H]1C3)CC2. The second-order valence-corrected chi connectivity index (χ2v) is 9.42. The average Bonchev–Trinajstić information content (AvgIpc) is 3.28. The Morgan fingerprint density at radius 1 is 1.08 bits per heavy atom. The minimum absolute atomic E-state index is 0.0474. The van der Waals surface area contributed by atoms with Crippen molar-refractivity contribution in [1.82, 2.24) is 4.90 Å². The number of carbonyl (C=O) groups is 1. The highest BCUT2D eigenvalue weighted by Gasteiger charge is 2.58. The Hall–Kier alpha value is -1.41. The summed E-state index contributed by atoms with van der Waals surface area (Å²) in [7, 11) is 0. The van der Waals surface area contributed by atoms with E-state index in [2.05, 4.69) is 43.0 Å². The number of Topliss-reactive ketones (excluding diaryl/α,β-unsaturated/α-hetero) is 1. The van der Waals surface area contributed by atoms with E-state index < -0.39 is 0 Å². The molecule has 1 aromatic rings. The highest BCUT2D eigenvalue weighted by atomic mass is 16.1. The second kappa shape index (κ2) is 5.30. The van der Waals surface area contributed by atoms with Gasteiger partial charge in [-0.2, -0.15) is 0 Å². The van der Waals surface area contributed by atoms with Gasteiger partial charge in [-0.05, 0) is 62.1 Å². The van der Waals surface area contributed by atoms with E-state index in [0.29, 0.717) is 5.78 Å². The second-order valence-electron chi connectivity index (χ2n) is 9.42. The molecule has 1 aromatic carbocycles. The average molecular weight is 335 g/mol. The lowest BCUT2D eigenvalue weighted by molar-refractivity contribution is 0.0511. The van der Waals surface area contributed by atoms with Gasteiger partial charge in [0, 0.05) is 22.9 Å². The Labute approximate surface area is 151 Å². The normalized spacial score (nSPS) is 34.8. The first-order valence-corrected chi connectivity index (χ1v) is 10.1. The molecule has 0 radical (unpaired) electrons. The van der Waals surface area contributed by atoms with Crippen molar-refractivity contribution >= 4 is 5.78 Å². The molecule has 0 N–H and O–H groups in total. The first-order valence-electron chi connectivity index (χ1n) is 10.1. The maximum atomic E-state index is 13.0. The molecule has 0 unspecified atom stereocenters. The van der Waals surface area contributed by atoms with Crippen LogP contribution in [0.25, 0.3) is 0 Å². The molecule has 1 saturated heterocycles. The van der Waals surface area contributed by atoms with Crippen molar-refractivity contribution in [2.24, 2.45) is 23.2 Å². The summed E-state index contributed by atoms with van der Waals surface area (Å²) in [4.78, 5) is 15.7. The van der Waals surface area contributed by atoms with Gasteiger partial charge < -0.3 is 4.90 Å². The van der Waals surface area contributed by atoms with Crippen LogP contribution >= 0.6 is 0 Å². The van der Waals surface area contributed by atoms with E-state index >= 15 is 0 Å². The third kappa shape index (κ3) is 2.10. The Morgan fingerprint density at radius 2 is 1.84 bits per heavy atom. The van der Waals surface area contributed by atoms with Crippen LogP contribution in [0.1, 0.15) is 55.5 Å². The van der Waals surface area contributed by atoms with Crippen molar-refractivity contribution in [3.63, 3.8) is 0 Å². The number of ketones is 1. The van der Waals surface area contributed by atoms with Crippen molar-refractivity contribution in [3.8, 4) is 0 Å². The lowest BCUT2D eigenvalue weighted by Gasteiger charge is -2.47. The number of hydrogen-bond donors (Lipinski definition) is 0. The van der Waals surface area contributed by atoms with E-state index in [1.807, 2.05) is 12.1 Å². The van der Waals surface area contributed by atoms with Crippen LogP contribution in [0.4, 0.5) is 0 Å². The Balaban J connectivity index is 1.35. The molecular weight excluding hydrogens is 306 g/mol. The summed E-state index contributed by atoms with van der Waals surface area (Å²) in [6.07, 6.45) is 9.96. The quantitative estimate of drug-likeness (QED) is 0.744. The van der Waals surface area contributed by atoms with Crippen LogP contribution in [0, 0.1) is 23.2 Å². The molecule has 1 saturated carbocycles. The molecule has 2 nitrogen and oxygen atoms in total. The molecule has 0 aromatic heterocycles. The summed E-state index contributed by atoms with van der Waals surface area (Å²) in [6, 6.07) is 8.40. The van der Waals surface area contributed by atoms with Gasteiger partial charge in [-0.1, -0.05) is 50.3 Å². The molecule has 132 valence electrons. The van der Waals surface area contributed by atoms with E-state index in [0.717, 1.165) is 49.2 Å². The predicted molar refractivity (Wildman–Crippen MR) is 101 cm³/mol. The fourth-order valence-corrected chi connectivity index (χ4v) is 6.44. The minimum atomic E-state index is -0.266. The predicted octanol–water partition coefficient (Wildman–Crippen LogP) is 4.45. The van der Waals surface area contributed by atoms with Crippen molar-refractivity contribution in [3.05, 3.63) is 47.5 Å². The van der Waals surface area contributed by atoms with Crippen molar-refractivity contribution in [2.45, 2.75) is 44.9 Å². The number of carbonyl (C=O) groups excluding carboxylic acids is 1. The van der Waals surface area contributed by atoms with Gasteiger partial charge in [0.25, 0.3) is 0 Å². The summed E-state index contributed by atoms with van der Waals surface area (Å²) in [5, 5.41) is 0. The zero-order valence-corrected chi connectivity index (χ0v) is 15.5. The molecule has 1 spiro atoms. The summed E-state index contributed by atoms with van der Waals surface area (Å²) in [6.45, 7) is 7.92. The molecular formula is C23H29NO. The molecule has 5 rings (SSSR count). The zero-order valence-electron chi connectivity index (χ0n) is 15.5. The third-order valence-electron chi connectivity index (χ3n) is 8.07. The zero-order chi connectivity index (χ0) is 17.2. The van der Waals surface area contributed by atoms with Crippen LogP contribution in [0.3, 0.4) is 0 Å². The van der Waals surface area contributed by atoms with Gasteiger partial charge in [0.1, 0.15) is 0 Å². The number of rotatable bonds is 2. The smallest absolute Gasteiger partial charge is 0.169 e. The number of piperidine rings is 1. The van der Waals surface area contributed by atoms with Gasteiger partial charge in [-0.3, -0.25) is 4.79 Å². The van der Waals surface area contributed by atoms with E-state index in [1.165, 1.54) is 24.9 Å². The number of fused-ring (bicyclic) bond motifs is 4.